The van der Waals surface area contributed by atoms with Crippen molar-refractivity contribution in [2.75, 3.05) is 77.6 Å². The summed E-state index contributed by atoms with van der Waals surface area (Å²) in [5.41, 5.74) is 3.41. The van der Waals surface area contributed by atoms with E-state index in [1.54, 1.807) is 6.07 Å². The number of hydrogen-bond acceptors (Lipinski definition) is 10. The molecule has 0 bridgehead atoms. The molecule has 2 aromatic rings. The quantitative estimate of drug-likeness (QED) is 0.130. The zero-order chi connectivity index (χ0) is 41.0. The molecule has 59 heavy (non-hydrogen) atoms. The number of aromatic hydroxyl groups is 1. The van der Waals surface area contributed by atoms with Gasteiger partial charge in [0.05, 0.1) is 31.8 Å². The Hall–Kier alpha value is -3.75. The fourth-order valence-corrected chi connectivity index (χ4v) is 9.89. The van der Waals surface area contributed by atoms with E-state index < -0.39 is 6.10 Å². The van der Waals surface area contributed by atoms with Gasteiger partial charge < -0.3 is 44.9 Å². The van der Waals surface area contributed by atoms with E-state index in [1.165, 1.54) is 24.0 Å². The summed E-state index contributed by atoms with van der Waals surface area (Å²) in [5.74, 6) is 0.379. The fraction of sp³-hybridized carbons (Fsp3) is 0.674. The number of nitrogens with one attached hydrogen (secondary N) is 2. The minimum atomic E-state index is -0.881. The zero-order valence-corrected chi connectivity index (χ0v) is 35.0. The van der Waals surface area contributed by atoms with Crippen LogP contribution in [0.5, 0.6) is 11.5 Å². The molecule has 3 heterocycles. The van der Waals surface area contributed by atoms with E-state index in [9.17, 15) is 24.6 Å². The summed E-state index contributed by atoms with van der Waals surface area (Å²) in [5, 5.41) is 27.2. The van der Waals surface area contributed by atoms with Crippen LogP contribution in [-0.4, -0.2) is 133 Å². The molecule has 2 aromatic carbocycles. The van der Waals surface area contributed by atoms with E-state index in [-0.39, 0.29) is 47.6 Å². The molecule has 7 rings (SSSR count). The number of likely N-dealkylation sites (tertiary alicyclic amines) is 1. The lowest BCUT2D eigenvalue weighted by Crippen LogP contribution is -2.59. The summed E-state index contributed by atoms with van der Waals surface area (Å²) in [7, 11) is 0. The van der Waals surface area contributed by atoms with Gasteiger partial charge in [-0.15, -0.1) is 0 Å². The molecule has 2 aliphatic carbocycles. The van der Waals surface area contributed by atoms with Crippen LogP contribution in [0.1, 0.15) is 100 Å². The third-order valence-corrected chi connectivity index (χ3v) is 13.3. The van der Waals surface area contributed by atoms with Crippen molar-refractivity contribution in [2.45, 2.75) is 121 Å². The smallest absolute Gasteiger partial charge is 0.262 e. The van der Waals surface area contributed by atoms with E-state index in [2.05, 4.69) is 44.7 Å². The van der Waals surface area contributed by atoms with Crippen LogP contribution in [0.3, 0.4) is 0 Å². The first kappa shape index (κ1) is 43.3. The molecule has 3 aliphatic heterocycles. The number of piperidine rings is 1. The zero-order valence-electron chi connectivity index (χ0n) is 35.0. The molecule has 4 fully saturated rings. The Balaban J connectivity index is 0.804. The number of amides is 3. The lowest BCUT2D eigenvalue weighted by atomic mass is 9.84. The molecule has 5 aliphatic rings. The lowest BCUT2D eigenvalue weighted by Gasteiger charge is -2.48. The highest BCUT2D eigenvalue weighted by molar-refractivity contribution is 5.97. The molecule has 13 heteroatoms. The first-order chi connectivity index (χ1) is 28.8. The number of carbonyl (C=O) groups excluding carboxylic acids is 3. The number of nitrogens with zero attached hydrogens (tertiary/aromatic N) is 3. The summed E-state index contributed by atoms with van der Waals surface area (Å²) in [4.78, 5) is 45.0. The van der Waals surface area contributed by atoms with Gasteiger partial charge in [-0.1, -0.05) is 68.9 Å². The molecule has 13 nitrogen and oxygen atoms in total. The monoisotopic (exact) mass is 817 g/mol. The Labute approximate surface area is 350 Å². The van der Waals surface area contributed by atoms with Crippen LogP contribution in [0.15, 0.2) is 36.4 Å². The molecule has 4 N–H and O–H groups in total. The van der Waals surface area contributed by atoms with E-state index in [4.69, 9.17) is 14.2 Å². The number of aliphatic hydroxyl groups is 1. The van der Waals surface area contributed by atoms with Gasteiger partial charge in [0, 0.05) is 51.9 Å². The predicted molar refractivity (Wildman–Crippen MR) is 225 cm³/mol. The van der Waals surface area contributed by atoms with Crippen LogP contribution in [0.4, 0.5) is 5.69 Å². The van der Waals surface area contributed by atoms with E-state index >= 15 is 0 Å². The summed E-state index contributed by atoms with van der Waals surface area (Å²) in [6.07, 6.45) is 13.6. The SMILES string of the molecule is O=C1COc2c(CCNCCN(C(=O)CCOCCc3cccc(CN4CCC5(CC4)CN(C(=O)[C@@H](O)C4CCCCC4)CCO5)c3)C3CCCCC3)ccc(O)c2N1. The van der Waals surface area contributed by atoms with E-state index in [1.807, 2.05) is 11.0 Å². The van der Waals surface area contributed by atoms with Crippen molar-refractivity contribution in [3.63, 3.8) is 0 Å². The second-order valence-corrected chi connectivity index (χ2v) is 17.5. The number of anilines is 1. The van der Waals surface area contributed by atoms with Crippen molar-refractivity contribution in [1.29, 1.82) is 0 Å². The van der Waals surface area contributed by atoms with Gasteiger partial charge in [-0.25, -0.2) is 0 Å². The maximum Gasteiger partial charge on any atom is 0.262 e. The minimum Gasteiger partial charge on any atom is -0.506 e. The number of phenolic OH excluding ortho intramolecular Hbond substituents is 1. The Morgan fingerprint density at radius 1 is 0.949 bits per heavy atom. The number of fused-ring (bicyclic) bond motifs is 1. The van der Waals surface area contributed by atoms with E-state index in [0.717, 1.165) is 95.8 Å². The first-order valence-electron chi connectivity index (χ1n) is 22.5. The molecular formula is C46H67N5O8. The lowest BCUT2D eigenvalue weighted by molar-refractivity contribution is -0.168. The molecular weight excluding hydrogens is 751 g/mol. The number of morpholine rings is 1. The van der Waals surface area contributed by atoms with Crippen molar-refractivity contribution >= 4 is 23.4 Å². The number of carbonyl (C=O) groups is 3. The van der Waals surface area contributed by atoms with Gasteiger partial charge in [0.1, 0.15) is 17.5 Å². The summed E-state index contributed by atoms with van der Waals surface area (Å²) in [6, 6.07) is 12.4. The second-order valence-electron chi connectivity index (χ2n) is 17.5. The maximum atomic E-state index is 13.5. The Morgan fingerprint density at radius 3 is 2.51 bits per heavy atom. The molecule has 1 spiro atoms. The number of benzene rings is 2. The van der Waals surface area contributed by atoms with Crippen molar-refractivity contribution in [1.82, 2.24) is 20.0 Å². The molecule has 1 atom stereocenters. The molecule has 0 unspecified atom stereocenters. The van der Waals surface area contributed by atoms with Gasteiger partial charge in [0.2, 0.25) is 5.91 Å². The molecule has 2 saturated carbocycles. The number of hydrogen-bond donors (Lipinski definition) is 4. The van der Waals surface area contributed by atoms with E-state index in [0.29, 0.717) is 76.8 Å². The highest BCUT2D eigenvalue weighted by Crippen LogP contribution is 2.39. The predicted octanol–water partition coefficient (Wildman–Crippen LogP) is 4.80. The standard InChI is InChI=1S/C46H67N5O8/c52-39-15-14-37(44-42(39)48-40(53)32-58-44)16-21-47-22-25-51(38-12-5-2-6-13-38)41(54)18-28-57-27-17-34-8-7-9-35(30-34)31-49-23-19-46(20-24-49)33-50(26-29-59-46)45(56)43(55)36-10-3-1-4-11-36/h7-9,14-15,30,36,38,43,47,52,55H,1-6,10-13,16-29,31-33H2,(H,48,53)/t43-/m0/s1. The molecule has 0 aromatic heterocycles. The minimum absolute atomic E-state index is 0.00527. The van der Waals surface area contributed by atoms with Crippen molar-refractivity contribution in [3.8, 4) is 11.5 Å². The van der Waals surface area contributed by atoms with Crippen LogP contribution in [0.25, 0.3) is 0 Å². The number of rotatable bonds is 17. The van der Waals surface area contributed by atoms with Gasteiger partial charge in [-0.3, -0.25) is 19.3 Å². The van der Waals surface area contributed by atoms with Crippen LogP contribution in [0.2, 0.25) is 0 Å². The molecule has 324 valence electrons. The largest absolute Gasteiger partial charge is 0.506 e. The number of aliphatic hydroxyl groups excluding tert-OH is 1. The highest BCUT2D eigenvalue weighted by Gasteiger charge is 2.43. The van der Waals surface area contributed by atoms with Gasteiger partial charge in [-0.2, -0.15) is 0 Å². The second kappa shape index (κ2) is 21.2. The first-order valence-corrected chi connectivity index (χ1v) is 22.5. The Morgan fingerprint density at radius 2 is 1.71 bits per heavy atom. The summed E-state index contributed by atoms with van der Waals surface area (Å²) in [6.45, 7) is 7.23. The van der Waals surface area contributed by atoms with Crippen LogP contribution in [0, 0.1) is 5.92 Å². The van der Waals surface area contributed by atoms with Crippen molar-refractivity contribution in [2.24, 2.45) is 5.92 Å². The van der Waals surface area contributed by atoms with Crippen LogP contribution < -0.4 is 15.4 Å². The third-order valence-electron chi connectivity index (χ3n) is 13.3. The Bertz CT molecular complexity index is 1700. The number of ether oxygens (including phenoxy) is 3. The summed E-state index contributed by atoms with van der Waals surface area (Å²) < 4.78 is 18.0. The van der Waals surface area contributed by atoms with Gasteiger partial charge in [0.25, 0.3) is 11.8 Å². The molecule has 2 saturated heterocycles. The Kier molecular flexibility index (Phi) is 15.5. The average Bonchev–Trinajstić information content (AvgIpc) is 3.26. The van der Waals surface area contributed by atoms with Crippen LogP contribution in [-0.2, 0) is 43.2 Å². The van der Waals surface area contributed by atoms with Gasteiger partial charge >= 0.3 is 0 Å². The topological polar surface area (TPSA) is 153 Å². The molecule has 3 amide bonds. The summed E-state index contributed by atoms with van der Waals surface area (Å²) >= 11 is 0. The van der Waals surface area contributed by atoms with Crippen molar-refractivity contribution < 1.29 is 38.8 Å². The third kappa shape index (κ3) is 11.8. The van der Waals surface area contributed by atoms with Crippen LogP contribution >= 0.6 is 0 Å². The van der Waals surface area contributed by atoms with Gasteiger partial charge in [0.15, 0.2) is 12.4 Å². The normalized spacial score (nSPS) is 20.8. The van der Waals surface area contributed by atoms with Crippen molar-refractivity contribution in [3.05, 3.63) is 53.1 Å². The maximum absolute atomic E-state index is 13.5. The average molecular weight is 818 g/mol. The fourth-order valence-electron chi connectivity index (χ4n) is 9.89. The van der Waals surface area contributed by atoms with Gasteiger partial charge in [-0.05, 0) is 86.6 Å². The molecule has 0 radical (unpaired) electrons. The highest BCUT2D eigenvalue weighted by atomic mass is 16.5. The number of phenols is 1.